The number of aryl methyl sites for hydroxylation is 1. The Labute approximate surface area is 181 Å². The van der Waals surface area contributed by atoms with Crippen molar-refractivity contribution in [2.24, 2.45) is 0 Å². The van der Waals surface area contributed by atoms with Crippen molar-refractivity contribution in [1.29, 1.82) is 0 Å². The first kappa shape index (κ1) is 21.7. The molecule has 1 aromatic heterocycles. The number of amides is 1. The van der Waals surface area contributed by atoms with E-state index in [0.717, 1.165) is 22.4 Å². The number of nitrogen functional groups attached to an aromatic ring is 1. The van der Waals surface area contributed by atoms with Crippen LogP contribution < -0.4 is 15.9 Å². The zero-order chi connectivity index (χ0) is 21.5. The van der Waals surface area contributed by atoms with Gasteiger partial charge >= 0.3 is 0 Å². The second-order valence-electron chi connectivity index (χ2n) is 7.30. The first-order chi connectivity index (χ1) is 14.4. The van der Waals surface area contributed by atoms with Crippen molar-refractivity contribution in [2.45, 2.75) is 45.0 Å². The van der Waals surface area contributed by atoms with Gasteiger partial charge in [-0.25, -0.2) is 4.68 Å². The molecular weight excluding hydrogens is 398 g/mol. The second kappa shape index (κ2) is 10.2. The number of hydrogen-bond acceptors (Lipinski definition) is 6. The molecule has 0 atom stereocenters. The standard InChI is InChI=1S/C22H27N5O2S/c1-15(2)18-10-9-16(3)11-19(18)29-13-20-25-26-22(27(20)23)30-14-21(28)24-12-17-7-5-4-6-8-17/h4-11,15H,12-14,23H2,1-3H3,(H,24,28). The molecule has 1 amide bonds. The predicted molar refractivity (Wildman–Crippen MR) is 119 cm³/mol. The van der Waals surface area contributed by atoms with Crippen LogP contribution in [0.2, 0.25) is 0 Å². The average Bonchev–Trinajstić information content (AvgIpc) is 3.09. The Morgan fingerprint density at radius 1 is 1.20 bits per heavy atom. The highest BCUT2D eigenvalue weighted by molar-refractivity contribution is 7.99. The zero-order valence-corrected chi connectivity index (χ0v) is 18.3. The lowest BCUT2D eigenvalue weighted by Crippen LogP contribution is -2.25. The van der Waals surface area contributed by atoms with Crippen LogP contribution in [-0.4, -0.2) is 26.5 Å². The van der Waals surface area contributed by atoms with Gasteiger partial charge in [-0.2, -0.15) is 0 Å². The lowest BCUT2D eigenvalue weighted by atomic mass is 10.0. The SMILES string of the molecule is Cc1ccc(C(C)C)c(OCc2nnc(SCC(=O)NCc3ccccc3)n2N)c1. The number of aromatic nitrogens is 3. The van der Waals surface area contributed by atoms with Crippen molar-refractivity contribution in [2.75, 3.05) is 11.6 Å². The van der Waals surface area contributed by atoms with E-state index in [0.29, 0.717) is 23.4 Å². The maximum absolute atomic E-state index is 12.1. The van der Waals surface area contributed by atoms with E-state index in [9.17, 15) is 4.79 Å². The summed E-state index contributed by atoms with van der Waals surface area (Å²) in [6.45, 7) is 6.97. The monoisotopic (exact) mass is 425 g/mol. The molecule has 0 fully saturated rings. The fourth-order valence-corrected chi connectivity index (χ4v) is 3.57. The first-order valence-corrected chi connectivity index (χ1v) is 10.8. The third kappa shape index (κ3) is 5.76. The molecule has 1 heterocycles. The highest BCUT2D eigenvalue weighted by atomic mass is 32.2. The van der Waals surface area contributed by atoms with E-state index in [2.05, 4.69) is 41.5 Å². The Morgan fingerprint density at radius 2 is 1.97 bits per heavy atom. The largest absolute Gasteiger partial charge is 0.485 e. The Kier molecular flexibility index (Phi) is 7.35. The summed E-state index contributed by atoms with van der Waals surface area (Å²) in [6.07, 6.45) is 0. The van der Waals surface area contributed by atoms with E-state index in [1.165, 1.54) is 16.4 Å². The van der Waals surface area contributed by atoms with E-state index in [-0.39, 0.29) is 18.3 Å². The van der Waals surface area contributed by atoms with Gasteiger partial charge in [0.25, 0.3) is 0 Å². The smallest absolute Gasteiger partial charge is 0.230 e. The van der Waals surface area contributed by atoms with E-state index in [1.54, 1.807) is 0 Å². The number of hydrogen-bond donors (Lipinski definition) is 2. The number of nitrogens with zero attached hydrogens (tertiary/aromatic N) is 3. The van der Waals surface area contributed by atoms with Crippen molar-refractivity contribution < 1.29 is 9.53 Å². The molecular formula is C22H27N5O2S. The molecule has 8 heteroatoms. The minimum atomic E-state index is -0.0917. The summed E-state index contributed by atoms with van der Waals surface area (Å²) in [5.74, 6) is 7.89. The highest BCUT2D eigenvalue weighted by Gasteiger charge is 2.14. The van der Waals surface area contributed by atoms with Crippen molar-refractivity contribution in [3.63, 3.8) is 0 Å². The molecule has 0 aliphatic rings. The highest BCUT2D eigenvalue weighted by Crippen LogP contribution is 2.28. The number of benzene rings is 2. The Morgan fingerprint density at radius 3 is 2.70 bits per heavy atom. The molecule has 0 saturated carbocycles. The van der Waals surface area contributed by atoms with E-state index >= 15 is 0 Å². The van der Waals surface area contributed by atoms with E-state index < -0.39 is 0 Å². The number of rotatable bonds is 9. The quantitative estimate of drug-likeness (QED) is 0.403. The molecule has 2 aromatic carbocycles. The van der Waals surface area contributed by atoms with Gasteiger partial charge < -0.3 is 15.9 Å². The summed E-state index contributed by atoms with van der Waals surface area (Å²) in [5.41, 5.74) is 3.31. The van der Waals surface area contributed by atoms with Gasteiger partial charge in [0, 0.05) is 6.54 Å². The molecule has 7 nitrogen and oxygen atoms in total. The number of ether oxygens (including phenoxy) is 1. The third-order valence-electron chi connectivity index (χ3n) is 4.55. The van der Waals surface area contributed by atoms with E-state index in [4.69, 9.17) is 10.6 Å². The second-order valence-corrected chi connectivity index (χ2v) is 8.25. The summed E-state index contributed by atoms with van der Waals surface area (Å²) >= 11 is 1.24. The van der Waals surface area contributed by atoms with Crippen LogP contribution >= 0.6 is 11.8 Å². The van der Waals surface area contributed by atoms with Crippen LogP contribution in [0.15, 0.2) is 53.7 Å². The van der Waals surface area contributed by atoms with Crippen LogP contribution in [0, 0.1) is 6.92 Å². The van der Waals surface area contributed by atoms with Crippen molar-refractivity contribution in [1.82, 2.24) is 20.2 Å². The first-order valence-electron chi connectivity index (χ1n) is 9.80. The summed E-state index contributed by atoms with van der Waals surface area (Å²) in [4.78, 5) is 12.1. The number of carbonyl (C=O) groups is 1. The summed E-state index contributed by atoms with van der Waals surface area (Å²) in [7, 11) is 0. The van der Waals surface area contributed by atoms with Crippen LogP contribution in [-0.2, 0) is 17.9 Å². The molecule has 0 bridgehead atoms. The topological polar surface area (TPSA) is 95.1 Å². The van der Waals surface area contributed by atoms with Crippen LogP contribution in [0.25, 0.3) is 0 Å². The Bertz CT molecular complexity index is 988. The summed E-state index contributed by atoms with van der Waals surface area (Å²) < 4.78 is 7.36. The van der Waals surface area contributed by atoms with Crippen LogP contribution in [0.1, 0.15) is 42.3 Å². The Balaban J connectivity index is 1.53. The van der Waals surface area contributed by atoms with E-state index in [1.807, 2.05) is 43.3 Å². The number of carbonyl (C=O) groups excluding carboxylic acids is 1. The summed E-state index contributed by atoms with van der Waals surface area (Å²) in [6, 6.07) is 15.9. The van der Waals surface area contributed by atoms with Crippen molar-refractivity contribution >= 4 is 17.7 Å². The molecule has 3 N–H and O–H groups in total. The van der Waals surface area contributed by atoms with Crippen LogP contribution in [0.4, 0.5) is 0 Å². The maximum Gasteiger partial charge on any atom is 0.230 e. The molecule has 0 radical (unpaired) electrons. The van der Waals surface area contributed by atoms with Gasteiger partial charge in [0.15, 0.2) is 5.82 Å². The zero-order valence-electron chi connectivity index (χ0n) is 17.5. The number of thioether (sulfide) groups is 1. The predicted octanol–water partition coefficient (Wildman–Crippen LogP) is 3.41. The van der Waals surface area contributed by atoms with Crippen molar-refractivity contribution in [3.05, 3.63) is 71.0 Å². The molecule has 3 rings (SSSR count). The molecule has 0 aliphatic carbocycles. The minimum absolute atomic E-state index is 0.0917. The molecule has 0 spiro atoms. The molecule has 158 valence electrons. The number of nitrogens with one attached hydrogen (secondary N) is 1. The normalized spacial score (nSPS) is 10.9. The van der Waals surface area contributed by atoms with Crippen LogP contribution in [0.5, 0.6) is 5.75 Å². The fraction of sp³-hybridized carbons (Fsp3) is 0.318. The van der Waals surface area contributed by atoms with Gasteiger partial charge in [0.05, 0.1) is 5.75 Å². The maximum atomic E-state index is 12.1. The van der Waals surface area contributed by atoms with Crippen molar-refractivity contribution in [3.8, 4) is 5.75 Å². The number of nitrogens with two attached hydrogens (primary N) is 1. The van der Waals surface area contributed by atoms with Gasteiger partial charge in [-0.15, -0.1) is 10.2 Å². The Hall–Kier alpha value is -3.00. The lowest BCUT2D eigenvalue weighted by Gasteiger charge is -2.14. The van der Waals surface area contributed by atoms with Gasteiger partial charge in [-0.1, -0.05) is 68.1 Å². The lowest BCUT2D eigenvalue weighted by molar-refractivity contribution is -0.118. The molecule has 3 aromatic rings. The fourth-order valence-electron chi connectivity index (χ4n) is 2.87. The summed E-state index contributed by atoms with van der Waals surface area (Å²) in [5, 5.41) is 11.5. The molecule has 0 unspecified atom stereocenters. The third-order valence-corrected chi connectivity index (χ3v) is 5.49. The molecule has 30 heavy (non-hydrogen) atoms. The van der Waals surface area contributed by atoms with Gasteiger partial charge in [0.1, 0.15) is 12.4 Å². The molecule has 0 aliphatic heterocycles. The van der Waals surface area contributed by atoms with Gasteiger partial charge in [-0.05, 0) is 35.6 Å². The van der Waals surface area contributed by atoms with Crippen LogP contribution in [0.3, 0.4) is 0 Å². The van der Waals surface area contributed by atoms with Gasteiger partial charge in [-0.3, -0.25) is 4.79 Å². The molecule has 0 saturated heterocycles. The minimum Gasteiger partial charge on any atom is -0.485 e. The van der Waals surface area contributed by atoms with Gasteiger partial charge in [0.2, 0.25) is 11.1 Å². The average molecular weight is 426 g/mol.